The third-order valence-corrected chi connectivity index (χ3v) is 1.93. The summed E-state index contributed by atoms with van der Waals surface area (Å²) < 4.78 is 0. The zero-order valence-corrected chi connectivity index (χ0v) is 8.35. The SMILES string of the molecule is Cc1ccc(/C=C\Br)c(C)c1. The Kier molecular flexibility index (Phi) is 2.89. The van der Waals surface area contributed by atoms with Crippen molar-refractivity contribution in [2.24, 2.45) is 0 Å². The van der Waals surface area contributed by atoms with Gasteiger partial charge < -0.3 is 0 Å². The molecule has 0 saturated carbocycles. The maximum Gasteiger partial charge on any atom is -0.0183 e. The molecule has 0 aliphatic carbocycles. The van der Waals surface area contributed by atoms with Crippen LogP contribution in [0.1, 0.15) is 16.7 Å². The van der Waals surface area contributed by atoms with Crippen LogP contribution in [-0.2, 0) is 0 Å². The van der Waals surface area contributed by atoms with Crippen LogP contribution in [0.3, 0.4) is 0 Å². The van der Waals surface area contributed by atoms with Crippen molar-refractivity contribution in [1.82, 2.24) is 0 Å². The second-order valence-corrected chi connectivity index (χ2v) is 3.18. The molecule has 0 radical (unpaired) electrons. The van der Waals surface area contributed by atoms with E-state index < -0.39 is 0 Å². The predicted octanol–water partition coefficient (Wildman–Crippen LogP) is 3.67. The van der Waals surface area contributed by atoms with E-state index in [9.17, 15) is 0 Å². The van der Waals surface area contributed by atoms with Gasteiger partial charge in [-0.1, -0.05) is 39.7 Å². The van der Waals surface area contributed by atoms with Gasteiger partial charge in [0.25, 0.3) is 0 Å². The first-order chi connectivity index (χ1) is 5.24. The number of halogens is 1. The number of rotatable bonds is 1. The molecule has 0 saturated heterocycles. The lowest BCUT2D eigenvalue weighted by Gasteiger charge is -2.00. The van der Waals surface area contributed by atoms with Gasteiger partial charge in [0.05, 0.1) is 0 Å². The number of benzene rings is 1. The van der Waals surface area contributed by atoms with Crippen LogP contribution < -0.4 is 0 Å². The summed E-state index contributed by atoms with van der Waals surface area (Å²) in [6, 6.07) is 6.43. The maximum absolute atomic E-state index is 3.26. The van der Waals surface area contributed by atoms with Gasteiger partial charge in [-0.05, 0) is 36.0 Å². The van der Waals surface area contributed by atoms with Gasteiger partial charge >= 0.3 is 0 Å². The van der Waals surface area contributed by atoms with E-state index >= 15 is 0 Å². The fraction of sp³-hybridized carbons (Fsp3) is 0.200. The molecule has 0 nitrogen and oxygen atoms in total. The summed E-state index contributed by atoms with van der Waals surface area (Å²) in [6.07, 6.45) is 2.05. The van der Waals surface area contributed by atoms with Crippen LogP contribution in [0.15, 0.2) is 23.2 Å². The van der Waals surface area contributed by atoms with E-state index in [1.54, 1.807) is 0 Å². The highest BCUT2D eigenvalue weighted by molar-refractivity contribution is 9.11. The van der Waals surface area contributed by atoms with Crippen molar-refractivity contribution in [3.8, 4) is 0 Å². The Balaban J connectivity index is 3.09. The summed E-state index contributed by atoms with van der Waals surface area (Å²) in [5.41, 5.74) is 3.90. The molecule has 0 N–H and O–H groups in total. The molecule has 1 heteroatoms. The van der Waals surface area contributed by atoms with Gasteiger partial charge in [-0.3, -0.25) is 0 Å². The molecule has 0 aliphatic heterocycles. The molecule has 0 heterocycles. The minimum absolute atomic E-state index is 1.27. The molecule has 0 atom stereocenters. The minimum Gasteiger partial charge on any atom is -0.0595 e. The molecule has 0 fully saturated rings. The largest absolute Gasteiger partial charge is 0.0595 e. The van der Waals surface area contributed by atoms with Crippen LogP contribution in [0.25, 0.3) is 6.08 Å². The van der Waals surface area contributed by atoms with E-state index in [4.69, 9.17) is 0 Å². The average Bonchev–Trinajstić information content (AvgIpc) is 1.95. The Labute approximate surface area is 76.1 Å². The van der Waals surface area contributed by atoms with E-state index in [0.717, 1.165) is 0 Å². The number of hydrogen-bond acceptors (Lipinski definition) is 0. The Morgan fingerprint density at radius 3 is 2.55 bits per heavy atom. The minimum atomic E-state index is 1.27. The molecular formula is C10H11Br. The van der Waals surface area contributed by atoms with Crippen LogP contribution in [0.4, 0.5) is 0 Å². The summed E-state index contributed by atoms with van der Waals surface area (Å²) in [5, 5.41) is 0. The molecule has 0 amide bonds. The van der Waals surface area contributed by atoms with E-state index in [1.807, 2.05) is 4.99 Å². The number of aryl methyl sites for hydroxylation is 2. The molecule has 1 aromatic carbocycles. The zero-order chi connectivity index (χ0) is 8.27. The Morgan fingerprint density at radius 1 is 1.27 bits per heavy atom. The van der Waals surface area contributed by atoms with Crippen molar-refractivity contribution in [2.75, 3.05) is 0 Å². The maximum atomic E-state index is 3.26. The van der Waals surface area contributed by atoms with Crippen LogP contribution >= 0.6 is 15.9 Å². The standard InChI is InChI=1S/C10H11Br/c1-8-3-4-10(5-6-11)9(2)7-8/h3-7H,1-2H3/b6-5-. The number of hydrogen-bond donors (Lipinski definition) is 0. The van der Waals surface area contributed by atoms with Crippen molar-refractivity contribution in [3.05, 3.63) is 39.9 Å². The lowest BCUT2D eigenvalue weighted by atomic mass is 10.1. The van der Waals surface area contributed by atoms with Crippen molar-refractivity contribution >= 4 is 22.0 Å². The van der Waals surface area contributed by atoms with E-state index in [0.29, 0.717) is 0 Å². The Hall–Kier alpha value is -0.560. The zero-order valence-electron chi connectivity index (χ0n) is 6.76. The monoisotopic (exact) mass is 210 g/mol. The fourth-order valence-corrected chi connectivity index (χ4v) is 1.37. The molecule has 0 spiro atoms. The normalized spacial score (nSPS) is 10.8. The smallest absolute Gasteiger partial charge is 0.0183 e. The fourth-order valence-electron chi connectivity index (χ4n) is 1.08. The Bertz CT molecular complexity index is 274. The summed E-state index contributed by atoms with van der Waals surface area (Å²) in [7, 11) is 0. The van der Waals surface area contributed by atoms with E-state index in [-0.39, 0.29) is 0 Å². The van der Waals surface area contributed by atoms with Gasteiger partial charge in [-0.25, -0.2) is 0 Å². The molecule has 58 valence electrons. The summed E-state index contributed by atoms with van der Waals surface area (Å²) >= 11 is 3.26. The van der Waals surface area contributed by atoms with Crippen molar-refractivity contribution in [3.63, 3.8) is 0 Å². The van der Waals surface area contributed by atoms with Gasteiger partial charge in [0.2, 0.25) is 0 Å². The lowest BCUT2D eigenvalue weighted by molar-refractivity contribution is 1.37. The topological polar surface area (TPSA) is 0 Å². The van der Waals surface area contributed by atoms with Gasteiger partial charge in [-0.15, -0.1) is 0 Å². The first kappa shape index (κ1) is 8.54. The van der Waals surface area contributed by atoms with Gasteiger partial charge in [0.15, 0.2) is 0 Å². The van der Waals surface area contributed by atoms with E-state index in [2.05, 4.69) is 54.1 Å². The average molecular weight is 211 g/mol. The molecule has 0 aliphatic rings. The molecule has 1 aromatic rings. The van der Waals surface area contributed by atoms with Crippen LogP contribution in [0.5, 0.6) is 0 Å². The third-order valence-electron chi connectivity index (χ3n) is 1.67. The highest BCUT2D eigenvalue weighted by Crippen LogP contribution is 2.12. The second kappa shape index (κ2) is 3.72. The summed E-state index contributed by atoms with van der Waals surface area (Å²) in [4.78, 5) is 1.88. The molecule has 0 bridgehead atoms. The first-order valence-electron chi connectivity index (χ1n) is 3.58. The van der Waals surface area contributed by atoms with Crippen LogP contribution in [0.2, 0.25) is 0 Å². The second-order valence-electron chi connectivity index (χ2n) is 2.65. The molecule has 11 heavy (non-hydrogen) atoms. The lowest BCUT2D eigenvalue weighted by Crippen LogP contribution is -1.80. The van der Waals surface area contributed by atoms with Gasteiger partial charge in [-0.2, -0.15) is 0 Å². The Morgan fingerprint density at radius 2 is 2.00 bits per heavy atom. The summed E-state index contributed by atoms with van der Waals surface area (Å²) in [6.45, 7) is 4.23. The van der Waals surface area contributed by atoms with Crippen molar-refractivity contribution in [1.29, 1.82) is 0 Å². The third kappa shape index (κ3) is 2.19. The molecule has 1 rings (SSSR count). The molecular weight excluding hydrogens is 200 g/mol. The predicted molar refractivity (Wildman–Crippen MR) is 53.9 cm³/mol. The molecule has 0 aromatic heterocycles. The first-order valence-corrected chi connectivity index (χ1v) is 4.49. The van der Waals surface area contributed by atoms with E-state index in [1.165, 1.54) is 16.7 Å². The van der Waals surface area contributed by atoms with Crippen molar-refractivity contribution in [2.45, 2.75) is 13.8 Å². The quantitative estimate of drug-likeness (QED) is 0.664. The van der Waals surface area contributed by atoms with Crippen LogP contribution in [-0.4, -0.2) is 0 Å². The molecule has 0 unspecified atom stereocenters. The van der Waals surface area contributed by atoms with Crippen LogP contribution in [0, 0.1) is 13.8 Å². The summed E-state index contributed by atoms with van der Waals surface area (Å²) in [5.74, 6) is 0. The van der Waals surface area contributed by atoms with Crippen molar-refractivity contribution < 1.29 is 0 Å². The van der Waals surface area contributed by atoms with Gasteiger partial charge in [0, 0.05) is 0 Å². The highest BCUT2D eigenvalue weighted by Gasteiger charge is 1.92. The van der Waals surface area contributed by atoms with Gasteiger partial charge in [0.1, 0.15) is 0 Å². The highest BCUT2D eigenvalue weighted by atomic mass is 79.9.